The lowest BCUT2D eigenvalue weighted by Gasteiger charge is -2.00. The molecule has 1 N–H and O–H groups in total. The molecule has 0 bridgehead atoms. The van der Waals surface area contributed by atoms with Crippen molar-refractivity contribution in [1.82, 2.24) is 9.55 Å². The van der Waals surface area contributed by atoms with Gasteiger partial charge in [-0.25, -0.2) is 4.79 Å². The number of nitroso groups, excluding NO2 is 1. The van der Waals surface area contributed by atoms with Gasteiger partial charge in [0.05, 0.1) is 17.4 Å². The molecule has 0 aliphatic carbocycles. The van der Waals surface area contributed by atoms with Gasteiger partial charge in [0.15, 0.2) is 12.8 Å². The van der Waals surface area contributed by atoms with E-state index in [9.17, 15) is 19.3 Å². The molecule has 0 unspecified atom stereocenters. The Morgan fingerprint density at radius 2 is 2.11 bits per heavy atom. The maximum Gasteiger partial charge on any atom is 0.421 e. The summed E-state index contributed by atoms with van der Waals surface area (Å²) >= 11 is 0. The van der Waals surface area contributed by atoms with Crippen molar-refractivity contribution in [2.75, 3.05) is 7.05 Å². The van der Waals surface area contributed by atoms with Crippen LogP contribution in [-0.2, 0) is 6.54 Å². The Kier molecular flexibility index (Phi) is 3.23. The van der Waals surface area contributed by atoms with E-state index >= 15 is 0 Å². The van der Waals surface area contributed by atoms with Gasteiger partial charge < -0.3 is 4.42 Å². The van der Waals surface area contributed by atoms with Crippen molar-refractivity contribution in [2.45, 2.75) is 6.54 Å². The molecule has 19 heavy (non-hydrogen) atoms. The molecule has 0 radical (unpaired) electrons. The summed E-state index contributed by atoms with van der Waals surface area (Å²) in [6.07, 6.45) is 1.21. The lowest BCUT2D eigenvalue weighted by atomic mass is 10.3. The lowest BCUT2D eigenvalue weighted by Crippen LogP contribution is -2.30. The minimum absolute atomic E-state index is 0.00262. The van der Waals surface area contributed by atoms with Gasteiger partial charge in [0.25, 0.3) is 5.56 Å². The molecular formula is C11H10N3O5+. The van der Waals surface area contributed by atoms with Gasteiger partial charge in [0.1, 0.15) is 0 Å². The molecule has 0 saturated heterocycles. The van der Waals surface area contributed by atoms with Crippen molar-refractivity contribution in [3.05, 3.63) is 55.9 Å². The molecule has 98 valence electrons. The number of rotatable bonds is 4. The highest BCUT2D eigenvalue weighted by Crippen LogP contribution is 2.15. The van der Waals surface area contributed by atoms with Crippen molar-refractivity contribution < 1.29 is 14.0 Å². The topological polar surface area (TPSA) is 105 Å². The molecule has 0 spiro atoms. The number of carbonyl (C=O) groups excluding carboxylic acids is 1. The van der Waals surface area contributed by atoms with Gasteiger partial charge in [-0.1, -0.05) is 0 Å². The van der Waals surface area contributed by atoms with Crippen LogP contribution in [0.2, 0.25) is 0 Å². The number of aromatic nitrogens is 2. The zero-order chi connectivity index (χ0) is 14.0. The number of hydrogen-bond donors (Lipinski definition) is 1. The number of H-pyrrole nitrogens is 1. The van der Waals surface area contributed by atoms with Gasteiger partial charge in [-0.3, -0.25) is 19.1 Å². The molecule has 0 saturated carbocycles. The number of hydrogen-bond acceptors (Lipinski definition) is 5. The maximum atomic E-state index is 11.8. The smallest absolute Gasteiger partial charge is 0.398 e. The van der Waals surface area contributed by atoms with E-state index in [1.165, 1.54) is 25.4 Å². The van der Waals surface area contributed by atoms with E-state index in [4.69, 9.17) is 4.42 Å². The van der Waals surface area contributed by atoms with E-state index in [-0.39, 0.29) is 18.2 Å². The summed E-state index contributed by atoms with van der Waals surface area (Å²) < 4.78 is 6.53. The summed E-state index contributed by atoms with van der Waals surface area (Å²) in [7, 11) is 1.24. The van der Waals surface area contributed by atoms with E-state index in [0.717, 1.165) is 10.6 Å². The lowest BCUT2D eigenvalue weighted by molar-refractivity contribution is -0.444. The Balaban J connectivity index is 2.23. The summed E-state index contributed by atoms with van der Waals surface area (Å²) in [5, 5.41) is 0. The van der Waals surface area contributed by atoms with Gasteiger partial charge in [-0.05, 0) is 6.07 Å². The van der Waals surface area contributed by atoms with Crippen LogP contribution in [0.4, 0.5) is 5.88 Å². The number of aromatic amines is 1. The molecule has 0 fully saturated rings. The highest BCUT2D eigenvalue weighted by molar-refractivity contribution is 5.93. The second kappa shape index (κ2) is 4.84. The molecule has 0 amide bonds. The summed E-state index contributed by atoms with van der Waals surface area (Å²) in [4.78, 5) is 47.0. The van der Waals surface area contributed by atoms with Crippen LogP contribution in [0.5, 0.6) is 0 Å². The first-order valence-electron chi connectivity index (χ1n) is 5.31. The number of nitrogens with zero attached hydrogens (tertiary/aromatic N) is 2. The quantitative estimate of drug-likeness (QED) is 0.620. The summed E-state index contributed by atoms with van der Waals surface area (Å²) in [5.41, 5.74) is -1.23. The number of Topliss-reactive ketones (excluding diaryl/α,β-unsaturated/α-hetero) is 1. The first-order valence-corrected chi connectivity index (χ1v) is 5.31. The number of carbonyl (C=O) groups is 1. The van der Waals surface area contributed by atoms with E-state index in [0.29, 0.717) is 4.76 Å². The number of nitrogens with one attached hydrogen (secondary N) is 1. The van der Waals surface area contributed by atoms with Crippen LogP contribution >= 0.6 is 0 Å². The largest absolute Gasteiger partial charge is 0.421 e. The Bertz CT molecular complexity index is 752. The molecule has 0 aromatic carbocycles. The monoisotopic (exact) mass is 264 g/mol. The number of ketones is 1. The third-order valence-corrected chi connectivity index (χ3v) is 2.39. The Morgan fingerprint density at radius 1 is 1.37 bits per heavy atom. The minimum Gasteiger partial charge on any atom is -0.398 e. The van der Waals surface area contributed by atoms with Crippen molar-refractivity contribution in [2.24, 2.45) is 0 Å². The Hall–Kier alpha value is -2.77. The van der Waals surface area contributed by atoms with Crippen molar-refractivity contribution >= 4 is 11.7 Å². The second-order valence-corrected chi connectivity index (χ2v) is 3.80. The SMILES string of the molecule is C[N+](=O)c1ccc(C(=O)Cn2ccc(=O)[nH]c2=O)o1. The van der Waals surface area contributed by atoms with E-state index < -0.39 is 17.0 Å². The molecule has 0 atom stereocenters. The van der Waals surface area contributed by atoms with E-state index in [1.54, 1.807) is 0 Å². The molecule has 2 aromatic heterocycles. The van der Waals surface area contributed by atoms with Crippen LogP contribution in [0.1, 0.15) is 10.6 Å². The van der Waals surface area contributed by atoms with Gasteiger partial charge in [0, 0.05) is 17.2 Å². The third kappa shape index (κ3) is 2.73. The fraction of sp³-hybridized carbons (Fsp3) is 0.182. The van der Waals surface area contributed by atoms with Crippen LogP contribution in [0.25, 0.3) is 0 Å². The van der Waals surface area contributed by atoms with Gasteiger partial charge in [-0.15, -0.1) is 0 Å². The molecule has 2 rings (SSSR count). The first kappa shape index (κ1) is 12.7. The van der Waals surface area contributed by atoms with Crippen molar-refractivity contribution in [1.29, 1.82) is 0 Å². The standard InChI is InChI=1S/C11H9N3O5/c1-13(18)10-3-2-8(19-10)7(15)6-14-5-4-9(16)12-11(14)17/h2-5H,6H2,1H3/p+1. The average Bonchev–Trinajstić information content (AvgIpc) is 2.82. The van der Waals surface area contributed by atoms with Crippen molar-refractivity contribution in [3.63, 3.8) is 0 Å². The Labute approximate surface area is 105 Å². The molecule has 8 heteroatoms. The van der Waals surface area contributed by atoms with Crippen LogP contribution in [0.3, 0.4) is 0 Å². The minimum atomic E-state index is -0.687. The maximum absolute atomic E-state index is 11.8. The highest BCUT2D eigenvalue weighted by atomic mass is 16.4. The molecular weight excluding hydrogens is 254 g/mol. The third-order valence-electron chi connectivity index (χ3n) is 2.39. The molecule has 2 heterocycles. The van der Waals surface area contributed by atoms with Crippen molar-refractivity contribution in [3.8, 4) is 0 Å². The zero-order valence-electron chi connectivity index (χ0n) is 9.95. The van der Waals surface area contributed by atoms with E-state index in [1.807, 2.05) is 4.98 Å². The zero-order valence-corrected chi connectivity index (χ0v) is 9.95. The Morgan fingerprint density at radius 3 is 2.68 bits per heavy atom. The summed E-state index contributed by atoms with van der Waals surface area (Å²) in [6, 6.07) is 3.84. The predicted octanol–water partition coefficient (Wildman–Crippen LogP) is 0.0527. The average molecular weight is 264 g/mol. The first-order chi connectivity index (χ1) is 8.97. The fourth-order valence-electron chi connectivity index (χ4n) is 1.45. The molecule has 0 aliphatic heterocycles. The summed E-state index contributed by atoms with van der Waals surface area (Å²) in [5.74, 6) is -0.518. The van der Waals surface area contributed by atoms with Gasteiger partial charge >= 0.3 is 11.6 Å². The van der Waals surface area contributed by atoms with Crippen LogP contribution in [0.15, 0.2) is 38.4 Å². The fourth-order valence-corrected chi connectivity index (χ4v) is 1.45. The number of furan rings is 1. The van der Waals surface area contributed by atoms with Gasteiger partial charge in [0.2, 0.25) is 5.78 Å². The normalized spacial score (nSPS) is 10.4. The van der Waals surface area contributed by atoms with Crippen LogP contribution in [-0.4, -0.2) is 27.1 Å². The van der Waals surface area contributed by atoms with Crippen LogP contribution in [0, 0.1) is 4.91 Å². The summed E-state index contributed by atoms with van der Waals surface area (Å²) in [6.45, 7) is -0.287. The molecule has 0 aliphatic rings. The van der Waals surface area contributed by atoms with Crippen LogP contribution < -0.4 is 11.2 Å². The second-order valence-electron chi connectivity index (χ2n) is 3.80. The van der Waals surface area contributed by atoms with Gasteiger partial charge in [-0.2, -0.15) is 0 Å². The van der Waals surface area contributed by atoms with E-state index in [2.05, 4.69) is 0 Å². The highest BCUT2D eigenvalue weighted by Gasteiger charge is 2.18. The predicted molar refractivity (Wildman–Crippen MR) is 63.6 cm³/mol. The molecule has 8 nitrogen and oxygen atoms in total. The molecule has 2 aromatic rings.